The van der Waals surface area contributed by atoms with Crippen LogP contribution in [0.15, 0.2) is 5.16 Å². The Labute approximate surface area is 112 Å². The lowest BCUT2D eigenvalue weighted by atomic mass is 9.96. The molecule has 1 fully saturated rings. The van der Waals surface area contributed by atoms with Crippen LogP contribution in [0, 0.1) is 11.8 Å². The molecule has 18 heavy (non-hydrogen) atoms. The third-order valence-electron chi connectivity index (χ3n) is 3.58. The van der Waals surface area contributed by atoms with Crippen LogP contribution in [-0.2, 0) is 4.84 Å². The van der Waals surface area contributed by atoms with Gasteiger partial charge in [-0.15, -0.1) is 0 Å². The smallest absolute Gasteiger partial charge is 0.129 e. The Kier molecular flexibility index (Phi) is 7.33. The van der Waals surface area contributed by atoms with Gasteiger partial charge in [0, 0.05) is 12.6 Å². The van der Waals surface area contributed by atoms with Crippen LogP contribution < -0.4 is 5.32 Å². The molecule has 0 heterocycles. The van der Waals surface area contributed by atoms with E-state index in [9.17, 15) is 0 Å². The Morgan fingerprint density at radius 3 is 2.28 bits per heavy atom. The van der Waals surface area contributed by atoms with Crippen molar-refractivity contribution < 1.29 is 4.84 Å². The summed E-state index contributed by atoms with van der Waals surface area (Å²) in [6, 6.07) is 0.709. The van der Waals surface area contributed by atoms with Gasteiger partial charge in [0.05, 0.1) is 5.71 Å². The van der Waals surface area contributed by atoms with Gasteiger partial charge < -0.3 is 10.2 Å². The van der Waals surface area contributed by atoms with E-state index in [1.54, 1.807) is 0 Å². The maximum Gasteiger partial charge on any atom is 0.129 e. The number of hydrogen-bond donors (Lipinski definition) is 1. The van der Waals surface area contributed by atoms with Crippen molar-refractivity contribution in [1.82, 2.24) is 5.32 Å². The van der Waals surface area contributed by atoms with E-state index in [1.165, 1.54) is 32.1 Å². The van der Waals surface area contributed by atoms with E-state index in [-0.39, 0.29) is 0 Å². The minimum atomic E-state index is 0.469. The van der Waals surface area contributed by atoms with E-state index in [4.69, 9.17) is 4.84 Å². The molecular formula is C15H30N2O. The van der Waals surface area contributed by atoms with Gasteiger partial charge in [-0.2, -0.15) is 0 Å². The average molecular weight is 254 g/mol. The number of rotatable bonds is 7. The van der Waals surface area contributed by atoms with Crippen molar-refractivity contribution in [2.45, 2.75) is 65.8 Å². The molecule has 3 heteroatoms. The fourth-order valence-electron chi connectivity index (χ4n) is 2.61. The van der Waals surface area contributed by atoms with Gasteiger partial charge >= 0.3 is 0 Å². The van der Waals surface area contributed by atoms with Crippen molar-refractivity contribution in [3.05, 3.63) is 0 Å². The molecule has 1 aliphatic carbocycles. The van der Waals surface area contributed by atoms with Crippen molar-refractivity contribution in [2.24, 2.45) is 17.0 Å². The zero-order valence-electron chi connectivity index (χ0n) is 12.5. The molecule has 0 aromatic carbocycles. The summed E-state index contributed by atoms with van der Waals surface area (Å²) in [5, 5.41) is 7.84. The zero-order valence-corrected chi connectivity index (χ0v) is 12.5. The molecule has 1 N–H and O–H groups in total. The first-order chi connectivity index (χ1) is 8.61. The first-order valence-corrected chi connectivity index (χ1v) is 7.54. The molecule has 0 saturated heterocycles. The summed E-state index contributed by atoms with van der Waals surface area (Å²) in [6.45, 7) is 10.3. The molecule has 0 aliphatic heterocycles. The second kappa shape index (κ2) is 8.52. The minimum absolute atomic E-state index is 0.469. The molecule has 0 atom stereocenters. The highest BCUT2D eigenvalue weighted by Crippen LogP contribution is 2.17. The van der Waals surface area contributed by atoms with Gasteiger partial charge in [-0.3, -0.25) is 0 Å². The number of nitrogens with one attached hydrogen (secondary N) is 1. The van der Waals surface area contributed by atoms with Crippen LogP contribution in [0.4, 0.5) is 0 Å². The van der Waals surface area contributed by atoms with Gasteiger partial charge in [-0.05, 0) is 24.7 Å². The van der Waals surface area contributed by atoms with Crippen LogP contribution >= 0.6 is 0 Å². The lowest BCUT2D eigenvalue weighted by Crippen LogP contribution is -2.33. The summed E-state index contributed by atoms with van der Waals surface area (Å²) in [6.07, 6.45) is 6.81. The van der Waals surface area contributed by atoms with Gasteiger partial charge in [-0.25, -0.2) is 0 Å². The van der Waals surface area contributed by atoms with E-state index in [1.807, 2.05) is 0 Å². The summed E-state index contributed by atoms with van der Waals surface area (Å²) in [4.78, 5) is 5.43. The van der Waals surface area contributed by atoms with E-state index in [0.29, 0.717) is 24.5 Å². The van der Waals surface area contributed by atoms with E-state index in [0.717, 1.165) is 12.3 Å². The lowest BCUT2D eigenvalue weighted by molar-refractivity contribution is 0.139. The molecule has 106 valence electrons. The molecule has 0 unspecified atom stereocenters. The second-order valence-corrected chi connectivity index (χ2v) is 5.95. The SMILES string of the molecule is CC(C)C(=NOCCNC1CCCCC1)C(C)C. The van der Waals surface area contributed by atoms with Crippen LogP contribution in [0.25, 0.3) is 0 Å². The molecule has 0 aromatic heterocycles. The molecule has 1 saturated carbocycles. The molecular weight excluding hydrogens is 224 g/mol. The standard InChI is InChI=1S/C15H30N2O/c1-12(2)15(13(3)4)17-18-11-10-16-14-8-6-5-7-9-14/h12-14,16H,5-11H2,1-4H3. The highest BCUT2D eigenvalue weighted by atomic mass is 16.6. The van der Waals surface area contributed by atoms with Crippen molar-refractivity contribution in [3.63, 3.8) is 0 Å². The number of oxime groups is 1. The Balaban J connectivity index is 2.14. The van der Waals surface area contributed by atoms with Crippen LogP contribution in [-0.4, -0.2) is 24.9 Å². The van der Waals surface area contributed by atoms with E-state index in [2.05, 4.69) is 38.2 Å². The van der Waals surface area contributed by atoms with E-state index >= 15 is 0 Å². The largest absolute Gasteiger partial charge is 0.394 e. The third-order valence-corrected chi connectivity index (χ3v) is 3.58. The summed E-state index contributed by atoms with van der Waals surface area (Å²) in [5.41, 5.74) is 1.16. The van der Waals surface area contributed by atoms with Crippen molar-refractivity contribution in [2.75, 3.05) is 13.2 Å². The quantitative estimate of drug-likeness (QED) is 0.428. The molecule has 0 radical (unpaired) electrons. The summed E-state index contributed by atoms with van der Waals surface area (Å²) >= 11 is 0. The maximum atomic E-state index is 5.43. The zero-order chi connectivity index (χ0) is 13.4. The van der Waals surface area contributed by atoms with Crippen LogP contribution in [0.3, 0.4) is 0 Å². The second-order valence-electron chi connectivity index (χ2n) is 5.95. The van der Waals surface area contributed by atoms with Crippen molar-refractivity contribution in [3.8, 4) is 0 Å². The third kappa shape index (κ3) is 5.85. The molecule has 0 spiro atoms. The van der Waals surface area contributed by atoms with Gasteiger partial charge in [0.2, 0.25) is 0 Å². The van der Waals surface area contributed by atoms with Gasteiger partial charge in [0.15, 0.2) is 0 Å². The van der Waals surface area contributed by atoms with Crippen molar-refractivity contribution >= 4 is 5.71 Å². The van der Waals surface area contributed by atoms with Crippen molar-refractivity contribution in [1.29, 1.82) is 0 Å². The molecule has 1 aliphatic rings. The maximum absolute atomic E-state index is 5.43. The Morgan fingerprint density at radius 2 is 1.72 bits per heavy atom. The minimum Gasteiger partial charge on any atom is -0.394 e. The fraction of sp³-hybridized carbons (Fsp3) is 0.933. The molecule has 1 rings (SSSR count). The van der Waals surface area contributed by atoms with E-state index < -0.39 is 0 Å². The normalized spacial score (nSPS) is 17.2. The topological polar surface area (TPSA) is 33.6 Å². The van der Waals surface area contributed by atoms with Gasteiger partial charge in [0.1, 0.15) is 6.61 Å². The summed E-state index contributed by atoms with van der Waals surface area (Å²) in [7, 11) is 0. The molecule has 0 bridgehead atoms. The van der Waals surface area contributed by atoms with Crippen LogP contribution in [0.5, 0.6) is 0 Å². The summed E-state index contributed by atoms with van der Waals surface area (Å²) < 4.78 is 0. The Morgan fingerprint density at radius 1 is 1.11 bits per heavy atom. The van der Waals surface area contributed by atoms with Gasteiger partial charge in [0.25, 0.3) is 0 Å². The highest BCUT2D eigenvalue weighted by molar-refractivity contribution is 5.87. The highest BCUT2D eigenvalue weighted by Gasteiger charge is 2.12. The lowest BCUT2D eigenvalue weighted by Gasteiger charge is -2.22. The first-order valence-electron chi connectivity index (χ1n) is 7.54. The van der Waals surface area contributed by atoms with Crippen LogP contribution in [0.2, 0.25) is 0 Å². The predicted molar refractivity (Wildman–Crippen MR) is 77.9 cm³/mol. The predicted octanol–water partition coefficient (Wildman–Crippen LogP) is 3.59. The molecule has 0 aromatic rings. The first kappa shape index (κ1) is 15.5. The monoisotopic (exact) mass is 254 g/mol. The Bertz CT molecular complexity index is 233. The van der Waals surface area contributed by atoms with Gasteiger partial charge in [-0.1, -0.05) is 52.1 Å². The number of hydrogen-bond acceptors (Lipinski definition) is 3. The number of nitrogens with zero attached hydrogens (tertiary/aromatic N) is 1. The molecule has 0 amide bonds. The average Bonchev–Trinajstić information content (AvgIpc) is 2.34. The fourth-order valence-corrected chi connectivity index (χ4v) is 2.61. The summed E-state index contributed by atoms with van der Waals surface area (Å²) in [5.74, 6) is 0.938. The molecule has 3 nitrogen and oxygen atoms in total. The Hall–Kier alpha value is -0.570. The van der Waals surface area contributed by atoms with Crippen LogP contribution in [0.1, 0.15) is 59.8 Å².